The van der Waals surface area contributed by atoms with Crippen LogP contribution in [0.5, 0.6) is 0 Å². The van der Waals surface area contributed by atoms with Crippen molar-refractivity contribution in [2.75, 3.05) is 4.90 Å². The van der Waals surface area contributed by atoms with E-state index in [2.05, 4.69) is 157 Å². The highest BCUT2D eigenvalue weighted by Gasteiger charge is 2.21. The SMILES string of the molecule is c1ccc2cc(N(c3ccc(-c4ccc5oc6ccccc6c5c4)c4ccccc34)c3cccc4c3sc3ccccc34)ccc2c1. The van der Waals surface area contributed by atoms with Crippen LogP contribution in [0.4, 0.5) is 17.1 Å². The molecule has 0 aliphatic heterocycles. The molecule has 0 unspecified atom stereocenters. The summed E-state index contributed by atoms with van der Waals surface area (Å²) in [7, 11) is 0. The molecule has 220 valence electrons. The molecule has 0 radical (unpaired) electrons. The number of hydrogen-bond acceptors (Lipinski definition) is 3. The van der Waals surface area contributed by atoms with E-state index in [0.717, 1.165) is 33.3 Å². The van der Waals surface area contributed by atoms with E-state index in [1.54, 1.807) is 0 Å². The predicted molar refractivity (Wildman–Crippen MR) is 202 cm³/mol. The lowest BCUT2D eigenvalue weighted by atomic mass is 9.95. The summed E-state index contributed by atoms with van der Waals surface area (Å²) < 4.78 is 8.75. The average Bonchev–Trinajstić information content (AvgIpc) is 3.70. The second-order valence-corrected chi connectivity index (χ2v) is 13.2. The lowest BCUT2D eigenvalue weighted by Gasteiger charge is -2.28. The van der Waals surface area contributed by atoms with Crippen molar-refractivity contribution < 1.29 is 4.42 Å². The summed E-state index contributed by atoms with van der Waals surface area (Å²) in [5, 5.41) is 9.74. The van der Waals surface area contributed by atoms with Gasteiger partial charge in [0.15, 0.2) is 0 Å². The van der Waals surface area contributed by atoms with Gasteiger partial charge in [0.05, 0.1) is 16.1 Å². The van der Waals surface area contributed by atoms with E-state index >= 15 is 0 Å². The molecule has 3 heteroatoms. The molecule has 0 amide bonds. The quantitative estimate of drug-likeness (QED) is 0.195. The summed E-state index contributed by atoms with van der Waals surface area (Å²) in [4.78, 5) is 2.46. The normalized spacial score (nSPS) is 11.8. The first-order valence-corrected chi connectivity index (χ1v) is 16.7. The van der Waals surface area contributed by atoms with E-state index in [9.17, 15) is 0 Å². The van der Waals surface area contributed by atoms with Gasteiger partial charge >= 0.3 is 0 Å². The first-order valence-electron chi connectivity index (χ1n) is 15.9. The van der Waals surface area contributed by atoms with Gasteiger partial charge in [-0.25, -0.2) is 0 Å². The molecular formula is C44H27NOS. The second-order valence-electron chi connectivity index (χ2n) is 12.1. The van der Waals surface area contributed by atoms with Crippen LogP contribution in [0, 0.1) is 0 Å². The molecule has 0 saturated carbocycles. The van der Waals surface area contributed by atoms with Gasteiger partial charge in [-0.3, -0.25) is 0 Å². The fourth-order valence-electron chi connectivity index (χ4n) is 7.26. The van der Waals surface area contributed by atoms with Gasteiger partial charge in [-0.2, -0.15) is 0 Å². The number of benzene rings is 8. The maximum atomic E-state index is 6.16. The van der Waals surface area contributed by atoms with Gasteiger partial charge < -0.3 is 9.32 Å². The Hall–Kier alpha value is -5.90. The van der Waals surface area contributed by atoms with E-state index in [-0.39, 0.29) is 0 Å². The largest absolute Gasteiger partial charge is 0.456 e. The molecule has 0 saturated heterocycles. The number of thiophene rings is 1. The molecule has 10 rings (SSSR count). The minimum Gasteiger partial charge on any atom is -0.456 e. The molecule has 10 aromatic rings. The molecule has 0 spiro atoms. The van der Waals surface area contributed by atoms with Crippen LogP contribution in [0.1, 0.15) is 0 Å². The van der Waals surface area contributed by atoms with Crippen molar-refractivity contribution in [1.29, 1.82) is 0 Å². The molecule has 0 N–H and O–H groups in total. The number of rotatable bonds is 4. The number of hydrogen-bond donors (Lipinski definition) is 0. The maximum Gasteiger partial charge on any atom is 0.135 e. The number of para-hydroxylation sites is 1. The van der Waals surface area contributed by atoms with Crippen molar-refractivity contribution in [3.8, 4) is 11.1 Å². The Balaban J connectivity index is 1.24. The first kappa shape index (κ1) is 26.3. The van der Waals surface area contributed by atoms with Gasteiger partial charge in [0.25, 0.3) is 0 Å². The third-order valence-corrected chi connectivity index (χ3v) is 10.7. The molecule has 47 heavy (non-hydrogen) atoms. The van der Waals surface area contributed by atoms with Crippen LogP contribution in [-0.4, -0.2) is 0 Å². The number of anilines is 3. The highest BCUT2D eigenvalue weighted by atomic mass is 32.1. The Labute approximate surface area is 275 Å². The smallest absolute Gasteiger partial charge is 0.135 e. The Morgan fingerprint density at radius 1 is 0.426 bits per heavy atom. The van der Waals surface area contributed by atoms with Crippen molar-refractivity contribution in [3.05, 3.63) is 164 Å². The average molecular weight is 618 g/mol. The van der Waals surface area contributed by atoms with Crippen molar-refractivity contribution >= 4 is 92.1 Å². The third-order valence-electron chi connectivity index (χ3n) is 9.45. The number of fused-ring (bicyclic) bond motifs is 8. The third kappa shape index (κ3) is 4.10. The monoisotopic (exact) mass is 617 g/mol. The van der Waals surface area contributed by atoms with Gasteiger partial charge in [-0.05, 0) is 75.8 Å². The van der Waals surface area contributed by atoms with Crippen molar-refractivity contribution in [3.63, 3.8) is 0 Å². The Morgan fingerprint density at radius 2 is 1.15 bits per heavy atom. The number of nitrogens with zero attached hydrogens (tertiary/aromatic N) is 1. The van der Waals surface area contributed by atoms with E-state index < -0.39 is 0 Å². The molecule has 2 aromatic heterocycles. The summed E-state index contributed by atoms with van der Waals surface area (Å²) in [6, 6.07) is 59.2. The zero-order chi connectivity index (χ0) is 30.9. The molecule has 2 heterocycles. The minimum atomic E-state index is 0.912. The molecule has 0 fully saturated rings. The Kier molecular flexibility index (Phi) is 5.78. The van der Waals surface area contributed by atoms with Crippen molar-refractivity contribution in [2.45, 2.75) is 0 Å². The zero-order valence-corrected chi connectivity index (χ0v) is 26.2. The zero-order valence-electron chi connectivity index (χ0n) is 25.4. The molecule has 0 aliphatic carbocycles. The highest BCUT2D eigenvalue weighted by Crippen LogP contribution is 2.48. The molecule has 2 nitrogen and oxygen atoms in total. The summed E-state index contributed by atoms with van der Waals surface area (Å²) in [6.45, 7) is 0. The van der Waals surface area contributed by atoms with Gasteiger partial charge in [0, 0.05) is 37.3 Å². The fourth-order valence-corrected chi connectivity index (χ4v) is 8.46. The van der Waals surface area contributed by atoms with Crippen LogP contribution in [0.3, 0.4) is 0 Å². The van der Waals surface area contributed by atoms with Crippen LogP contribution < -0.4 is 4.90 Å². The molecular weight excluding hydrogens is 591 g/mol. The highest BCUT2D eigenvalue weighted by molar-refractivity contribution is 7.26. The standard InChI is InChI=1S/C44H27NOS/c1-2-11-29-26-31(22-20-28(29)10-1)45(40-17-9-16-37-36-15-6-8-19-43(36)47-44(37)40)39-24-23-32(33-12-3-4-13-34(33)39)30-21-25-42-38(27-30)35-14-5-7-18-41(35)46-42/h1-27H. The second kappa shape index (κ2) is 10.3. The Morgan fingerprint density at radius 3 is 2.06 bits per heavy atom. The summed E-state index contributed by atoms with van der Waals surface area (Å²) in [5.74, 6) is 0. The molecule has 8 aromatic carbocycles. The maximum absolute atomic E-state index is 6.16. The van der Waals surface area contributed by atoms with Crippen LogP contribution in [0.25, 0.3) is 74.8 Å². The first-order chi connectivity index (χ1) is 23.3. The molecule has 0 atom stereocenters. The van der Waals surface area contributed by atoms with Crippen LogP contribution in [0.15, 0.2) is 168 Å². The van der Waals surface area contributed by atoms with Gasteiger partial charge in [-0.15, -0.1) is 11.3 Å². The Bertz CT molecular complexity index is 2820. The number of furan rings is 1. The van der Waals surface area contributed by atoms with Gasteiger partial charge in [0.1, 0.15) is 11.2 Å². The van der Waals surface area contributed by atoms with Crippen molar-refractivity contribution in [1.82, 2.24) is 0 Å². The van der Waals surface area contributed by atoms with Crippen LogP contribution in [-0.2, 0) is 0 Å². The summed E-state index contributed by atoms with van der Waals surface area (Å²) in [6.07, 6.45) is 0. The lowest BCUT2D eigenvalue weighted by molar-refractivity contribution is 0.669. The molecule has 0 bridgehead atoms. The summed E-state index contributed by atoms with van der Waals surface area (Å²) >= 11 is 1.87. The van der Waals surface area contributed by atoms with Gasteiger partial charge in [0.2, 0.25) is 0 Å². The van der Waals surface area contributed by atoms with E-state index in [4.69, 9.17) is 4.42 Å². The van der Waals surface area contributed by atoms with Crippen LogP contribution >= 0.6 is 11.3 Å². The minimum absolute atomic E-state index is 0.912. The van der Waals surface area contributed by atoms with E-state index in [1.807, 2.05) is 23.5 Å². The van der Waals surface area contributed by atoms with E-state index in [1.165, 1.54) is 58.5 Å². The fraction of sp³-hybridized carbons (Fsp3) is 0. The predicted octanol–water partition coefficient (Wildman–Crippen LogP) is 13.4. The van der Waals surface area contributed by atoms with E-state index in [0.29, 0.717) is 0 Å². The topological polar surface area (TPSA) is 16.4 Å². The van der Waals surface area contributed by atoms with Crippen LogP contribution in [0.2, 0.25) is 0 Å². The van der Waals surface area contributed by atoms with Crippen molar-refractivity contribution in [2.24, 2.45) is 0 Å². The molecule has 0 aliphatic rings. The lowest BCUT2D eigenvalue weighted by Crippen LogP contribution is -2.11. The van der Waals surface area contributed by atoms with Gasteiger partial charge in [-0.1, -0.05) is 115 Å². The summed E-state index contributed by atoms with van der Waals surface area (Å²) in [5.41, 5.74) is 7.68.